The van der Waals surface area contributed by atoms with Gasteiger partial charge in [0.15, 0.2) is 0 Å². The third-order valence-electron chi connectivity index (χ3n) is 3.34. The molecule has 0 unspecified atom stereocenters. The second-order valence-corrected chi connectivity index (χ2v) is 4.86. The van der Waals surface area contributed by atoms with Crippen molar-refractivity contribution in [1.29, 1.82) is 0 Å². The molecule has 1 fully saturated rings. The quantitative estimate of drug-likeness (QED) is 0.769. The van der Waals surface area contributed by atoms with E-state index >= 15 is 0 Å². The number of aliphatic carboxylic acids is 1. The van der Waals surface area contributed by atoms with Gasteiger partial charge in [-0.25, -0.2) is 13.6 Å². The molecule has 0 spiro atoms. The van der Waals surface area contributed by atoms with E-state index in [0.717, 1.165) is 18.2 Å². The van der Waals surface area contributed by atoms with Crippen LogP contribution in [0.1, 0.15) is 18.4 Å². The van der Waals surface area contributed by atoms with E-state index in [4.69, 9.17) is 5.11 Å². The number of carbonyl (C=O) groups is 2. The highest BCUT2D eigenvalue weighted by atomic mass is 19.1. The molecule has 108 valence electrons. The summed E-state index contributed by atoms with van der Waals surface area (Å²) in [5.74, 6) is -2.14. The van der Waals surface area contributed by atoms with Crippen LogP contribution in [0.4, 0.5) is 13.6 Å². The molecule has 7 heteroatoms. The smallest absolute Gasteiger partial charge is 0.315 e. The summed E-state index contributed by atoms with van der Waals surface area (Å²) in [6.07, 6.45) is 1.06. The molecule has 0 heterocycles. The number of urea groups is 1. The van der Waals surface area contributed by atoms with Crippen molar-refractivity contribution in [2.75, 3.05) is 6.54 Å². The van der Waals surface area contributed by atoms with E-state index in [1.165, 1.54) is 0 Å². The molecule has 0 aliphatic heterocycles. The lowest BCUT2D eigenvalue weighted by Gasteiger charge is -2.12. The van der Waals surface area contributed by atoms with Crippen LogP contribution in [0, 0.1) is 17.0 Å². The summed E-state index contributed by atoms with van der Waals surface area (Å²) in [6.45, 7) is -0.144. The highest BCUT2D eigenvalue weighted by Crippen LogP contribution is 2.45. The fourth-order valence-corrected chi connectivity index (χ4v) is 1.78. The van der Waals surface area contributed by atoms with Gasteiger partial charge in [-0.3, -0.25) is 4.79 Å². The maximum absolute atomic E-state index is 13.3. The first-order chi connectivity index (χ1) is 9.43. The predicted octanol–water partition coefficient (Wildman–Crippen LogP) is 1.63. The van der Waals surface area contributed by atoms with Crippen LogP contribution >= 0.6 is 0 Å². The lowest BCUT2D eigenvalue weighted by atomic mass is 10.1. The number of rotatable bonds is 5. The average Bonchev–Trinajstić information content (AvgIpc) is 3.18. The van der Waals surface area contributed by atoms with Crippen molar-refractivity contribution in [3.05, 3.63) is 35.4 Å². The van der Waals surface area contributed by atoms with Gasteiger partial charge in [0.25, 0.3) is 0 Å². The molecule has 1 aliphatic rings. The largest absolute Gasteiger partial charge is 0.481 e. The van der Waals surface area contributed by atoms with Crippen LogP contribution in [0.5, 0.6) is 0 Å². The number of hydrogen-bond acceptors (Lipinski definition) is 2. The summed E-state index contributed by atoms with van der Waals surface area (Å²) in [5.41, 5.74) is -0.832. The zero-order valence-corrected chi connectivity index (χ0v) is 10.6. The number of halogens is 2. The molecule has 2 rings (SSSR count). The number of nitrogens with one attached hydrogen (secondary N) is 2. The van der Waals surface area contributed by atoms with Gasteiger partial charge in [0, 0.05) is 18.7 Å². The first-order valence-corrected chi connectivity index (χ1v) is 6.12. The standard InChI is InChI=1S/C13H14F2N2O3/c14-9-1-2-10(15)8(5-9)6-16-12(20)17-7-13(3-4-13)11(18)19/h1-2,5H,3-4,6-7H2,(H,18,19)(H2,16,17,20). The molecule has 0 atom stereocenters. The Morgan fingerprint density at radius 3 is 2.55 bits per heavy atom. The Morgan fingerprint density at radius 1 is 1.25 bits per heavy atom. The van der Waals surface area contributed by atoms with Gasteiger partial charge in [0.05, 0.1) is 5.41 Å². The summed E-state index contributed by atoms with van der Waals surface area (Å²) < 4.78 is 26.2. The van der Waals surface area contributed by atoms with Gasteiger partial charge in [0.2, 0.25) is 0 Å². The van der Waals surface area contributed by atoms with Crippen LogP contribution in [0.25, 0.3) is 0 Å². The number of carboxylic acid groups (broad SMARTS) is 1. The van der Waals surface area contributed by atoms with Crippen LogP contribution in [0.2, 0.25) is 0 Å². The minimum atomic E-state index is -0.936. The fourth-order valence-electron chi connectivity index (χ4n) is 1.78. The van der Waals surface area contributed by atoms with E-state index in [1.807, 2.05) is 0 Å². The predicted molar refractivity (Wildman–Crippen MR) is 65.9 cm³/mol. The summed E-state index contributed by atoms with van der Waals surface area (Å²) in [7, 11) is 0. The molecule has 0 bridgehead atoms. The molecule has 1 aliphatic carbocycles. The van der Waals surface area contributed by atoms with E-state index < -0.39 is 29.0 Å². The van der Waals surface area contributed by atoms with Gasteiger partial charge in [-0.15, -0.1) is 0 Å². The van der Waals surface area contributed by atoms with Gasteiger partial charge in [0.1, 0.15) is 11.6 Å². The number of carboxylic acids is 1. The Bertz CT molecular complexity index is 544. The summed E-state index contributed by atoms with van der Waals surface area (Å²) >= 11 is 0. The summed E-state index contributed by atoms with van der Waals surface area (Å²) in [6, 6.07) is 2.35. The maximum atomic E-state index is 13.3. The molecule has 3 N–H and O–H groups in total. The van der Waals surface area contributed by atoms with Crippen molar-refractivity contribution in [2.45, 2.75) is 19.4 Å². The Balaban J connectivity index is 1.81. The average molecular weight is 284 g/mol. The highest BCUT2D eigenvalue weighted by Gasteiger charge is 2.50. The van der Waals surface area contributed by atoms with Crippen molar-refractivity contribution in [2.24, 2.45) is 5.41 Å². The number of carbonyl (C=O) groups excluding carboxylic acids is 1. The van der Waals surface area contributed by atoms with Crippen LogP contribution in [-0.4, -0.2) is 23.7 Å². The molecule has 1 aromatic carbocycles. The van der Waals surface area contributed by atoms with Crippen molar-refractivity contribution in [1.82, 2.24) is 10.6 Å². The van der Waals surface area contributed by atoms with Crippen molar-refractivity contribution in [3.63, 3.8) is 0 Å². The molecule has 1 saturated carbocycles. The van der Waals surface area contributed by atoms with Crippen molar-refractivity contribution < 1.29 is 23.5 Å². The van der Waals surface area contributed by atoms with Crippen LogP contribution in [0.3, 0.4) is 0 Å². The monoisotopic (exact) mass is 284 g/mol. The molecule has 0 radical (unpaired) electrons. The molecule has 1 aromatic rings. The topological polar surface area (TPSA) is 78.4 Å². The molecule has 20 heavy (non-hydrogen) atoms. The fraction of sp³-hybridized carbons (Fsp3) is 0.385. The van der Waals surface area contributed by atoms with E-state index in [9.17, 15) is 18.4 Å². The van der Waals surface area contributed by atoms with Crippen LogP contribution < -0.4 is 10.6 Å². The lowest BCUT2D eigenvalue weighted by Crippen LogP contribution is -2.40. The maximum Gasteiger partial charge on any atom is 0.315 e. The Kier molecular flexibility index (Phi) is 3.87. The second kappa shape index (κ2) is 5.44. The Hall–Kier alpha value is -2.18. The third kappa shape index (κ3) is 3.23. The van der Waals surface area contributed by atoms with E-state index in [-0.39, 0.29) is 18.7 Å². The van der Waals surface area contributed by atoms with Gasteiger partial charge < -0.3 is 15.7 Å². The number of hydrogen-bond donors (Lipinski definition) is 3. The first kappa shape index (κ1) is 14.2. The van der Waals surface area contributed by atoms with E-state index in [0.29, 0.717) is 12.8 Å². The SMILES string of the molecule is O=C(NCc1cc(F)ccc1F)NCC1(C(=O)O)CC1. The molecular weight excluding hydrogens is 270 g/mol. The minimum Gasteiger partial charge on any atom is -0.481 e. The van der Waals surface area contributed by atoms with E-state index in [1.54, 1.807) is 0 Å². The zero-order chi connectivity index (χ0) is 14.8. The van der Waals surface area contributed by atoms with E-state index in [2.05, 4.69) is 10.6 Å². The van der Waals surface area contributed by atoms with Gasteiger partial charge in [-0.2, -0.15) is 0 Å². The lowest BCUT2D eigenvalue weighted by molar-refractivity contribution is -0.143. The number of amides is 2. The van der Waals surface area contributed by atoms with Gasteiger partial charge in [-0.1, -0.05) is 0 Å². The zero-order valence-electron chi connectivity index (χ0n) is 10.6. The normalized spacial score (nSPS) is 15.5. The Morgan fingerprint density at radius 2 is 1.95 bits per heavy atom. The molecule has 5 nitrogen and oxygen atoms in total. The first-order valence-electron chi connectivity index (χ1n) is 6.12. The molecule has 0 saturated heterocycles. The van der Waals surface area contributed by atoms with Crippen molar-refractivity contribution >= 4 is 12.0 Å². The highest BCUT2D eigenvalue weighted by molar-refractivity contribution is 5.80. The van der Waals surface area contributed by atoms with Crippen LogP contribution in [-0.2, 0) is 11.3 Å². The Labute approximate surface area is 114 Å². The van der Waals surface area contributed by atoms with Crippen LogP contribution in [0.15, 0.2) is 18.2 Å². The van der Waals surface area contributed by atoms with Gasteiger partial charge in [-0.05, 0) is 31.0 Å². The minimum absolute atomic E-state index is 0.0273. The van der Waals surface area contributed by atoms with Gasteiger partial charge >= 0.3 is 12.0 Å². The second-order valence-electron chi connectivity index (χ2n) is 4.86. The number of benzene rings is 1. The summed E-state index contributed by atoms with van der Waals surface area (Å²) in [5, 5.41) is 13.7. The molecular formula is C13H14F2N2O3. The molecule has 0 aromatic heterocycles. The third-order valence-corrected chi connectivity index (χ3v) is 3.34. The molecule has 2 amide bonds. The summed E-state index contributed by atoms with van der Waals surface area (Å²) in [4.78, 5) is 22.4. The van der Waals surface area contributed by atoms with Crippen molar-refractivity contribution in [3.8, 4) is 0 Å².